The number of ketones is 1. The summed E-state index contributed by atoms with van der Waals surface area (Å²) in [5.74, 6) is 0.0240. The number of nitrogens with zero attached hydrogens (tertiary/aromatic N) is 2. The molecule has 0 unspecified atom stereocenters. The van der Waals surface area contributed by atoms with Crippen molar-refractivity contribution in [2.75, 3.05) is 6.26 Å². The van der Waals surface area contributed by atoms with Crippen molar-refractivity contribution in [3.05, 3.63) is 59.1 Å². The van der Waals surface area contributed by atoms with E-state index in [-0.39, 0.29) is 12.2 Å². The van der Waals surface area contributed by atoms with Crippen LogP contribution >= 0.6 is 34.7 Å². The zero-order chi connectivity index (χ0) is 16.2. The molecule has 116 valence electrons. The van der Waals surface area contributed by atoms with Crippen molar-refractivity contribution in [1.29, 1.82) is 0 Å². The highest BCUT2D eigenvalue weighted by Crippen LogP contribution is 2.29. The molecule has 0 atom stereocenters. The van der Waals surface area contributed by atoms with Crippen molar-refractivity contribution in [3.8, 4) is 0 Å². The second-order valence-electron chi connectivity index (χ2n) is 4.78. The van der Waals surface area contributed by atoms with E-state index in [0.29, 0.717) is 15.7 Å². The molecule has 1 heterocycles. The summed E-state index contributed by atoms with van der Waals surface area (Å²) < 4.78 is 1.09. The minimum atomic E-state index is 0.0240. The van der Waals surface area contributed by atoms with Gasteiger partial charge in [-0.1, -0.05) is 35.1 Å². The fraction of sp³-hybridized carbons (Fsp3) is 0.118. The van der Waals surface area contributed by atoms with Crippen molar-refractivity contribution in [2.24, 2.45) is 4.99 Å². The Bertz CT molecular complexity index is 839. The summed E-state index contributed by atoms with van der Waals surface area (Å²) in [6, 6.07) is 14.8. The molecule has 0 aliphatic rings. The van der Waals surface area contributed by atoms with Crippen LogP contribution in [0.3, 0.4) is 0 Å². The zero-order valence-corrected chi connectivity index (χ0v) is 14.7. The Morgan fingerprint density at radius 3 is 2.65 bits per heavy atom. The molecule has 2 aromatic carbocycles. The Hall–Kier alpha value is -1.69. The monoisotopic (exact) mass is 360 g/mol. The highest BCUT2D eigenvalue weighted by Gasteiger charge is 2.11. The van der Waals surface area contributed by atoms with E-state index in [9.17, 15) is 4.79 Å². The normalized spacial score (nSPS) is 11.8. The fourth-order valence-corrected chi connectivity index (χ4v) is 3.55. The van der Waals surface area contributed by atoms with Crippen molar-refractivity contribution < 1.29 is 4.79 Å². The molecule has 0 amide bonds. The lowest BCUT2D eigenvalue weighted by atomic mass is 10.1. The molecule has 0 N–H and O–H groups in total. The maximum Gasteiger partial charge on any atom is 0.210 e. The van der Waals surface area contributed by atoms with Crippen molar-refractivity contribution in [2.45, 2.75) is 6.42 Å². The van der Waals surface area contributed by atoms with Gasteiger partial charge in [-0.2, -0.15) is 0 Å². The molecule has 3 aromatic rings. The minimum absolute atomic E-state index is 0.0240. The van der Waals surface area contributed by atoms with E-state index < -0.39 is 0 Å². The van der Waals surface area contributed by atoms with Gasteiger partial charge in [0, 0.05) is 10.6 Å². The van der Waals surface area contributed by atoms with Crippen LogP contribution in [0.5, 0.6) is 0 Å². The standard InChI is InChI=1S/C17H13ClN2OS2/c1-22-16(10-14(21)11-6-8-12(18)9-7-11)20-17-19-13-4-2-3-5-15(13)23-17/h2-9H,10H2,1H3/b20-16-. The van der Waals surface area contributed by atoms with Gasteiger partial charge in [-0.25, -0.2) is 9.98 Å². The van der Waals surface area contributed by atoms with E-state index in [2.05, 4.69) is 9.98 Å². The van der Waals surface area contributed by atoms with Crippen LogP contribution in [0.1, 0.15) is 16.8 Å². The fourth-order valence-electron chi connectivity index (χ4n) is 2.05. The first-order valence-corrected chi connectivity index (χ1v) is 9.33. The Morgan fingerprint density at radius 2 is 1.96 bits per heavy atom. The lowest BCUT2D eigenvalue weighted by Gasteiger charge is -2.02. The largest absolute Gasteiger partial charge is 0.294 e. The maximum atomic E-state index is 12.3. The molecule has 0 fully saturated rings. The smallest absolute Gasteiger partial charge is 0.210 e. The van der Waals surface area contributed by atoms with E-state index in [1.165, 1.54) is 23.1 Å². The summed E-state index contributed by atoms with van der Waals surface area (Å²) in [4.78, 5) is 21.4. The first kappa shape index (κ1) is 16.2. The molecule has 0 spiro atoms. The van der Waals surface area contributed by atoms with Gasteiger partial charge in [-0.15, -0.1) is 11.8 Å². The lowest BCUT2D eigenvalue weighted by molar-refractivity contribution is 0.100. The van der Waals surface area contributed by atoms with Gasteiger partial charge in [0.05, 0.1) is 21.7 Å². The molecule has 0 saturated carbocycles. The van der Waals surface area contributed by atoms with Crippen molar-refractivity contribution in [3.63, 3.8) is 0 Å². The van der Waals surface area contributed by atoms with Gasteiger partial charge >= 0.3 is 0 Å². The van der Waals surface area contributed by atoms with E-state index >= 15 is 0 Å². The average molecular weight is 361 g/mol. The SMILES string of the molecule is CS/C(CC(=O)c1ccc(Cl)cc1)=N\c1nc2ccccc2s1. The van der Waals surface area contributed by atoms with Gasteiger partial charge in [-0.05, 0) is 42.7 Å². The number of Topliss-reactive ketones (excluding diaryl/α,β-unsaturated/α-hetero) is 1. The summed E-state index contributed by atoms with van der Waals surface area (Å²) in [5.41, 5.74) is 1.57. The molecule has 6 heteroatoms. The molecule has 0 aliphatic carbocycles. The molecule has 1 aromatic heterocycles. The number of halogens is 1. The number of rotatable bonds is 4. The van der Waals surface area contributed by atoms with Gasteiger partial charge in [0.1, 0.15) is 0 Å². The third-order valence-electron chi connectivity index (χ3n) is 3.22. The van der Waals surface area contributed by atoms with Crippen LogP contribution in [-0.4, -0.2) is 22.1 Å². The zero-order valence-electron chi connectivity index (χ0n) is 12.3. The Labute approximate surface area is 147 Å². The third-order valence-corrected chi connectivity index (χ3v) is 5.11. The number of hydrogen-bond donors (Lipinski definition) is 0. The van der Waals surface area contributed by atoms with E-state index in [4.69, 9.17) is 11.6 Å². The molecule has 0 aliphatic heterocycles. The predicted octanol–water partition coefficient (Wildman–Crippen LogP) is 5.62. The van der Waals surface area contributed by atoms with E-state index in [1.807, 2.05) is 30.5 Å². The second-order valence-corrected chi connectivity index (χ2v) is 7.11. The summed E-state index contributed by atoms with van der Waals surface area (Å²) >= 11 is 8.85. The van der Waals surface area contributed by atoms with E-state index in [0.717, 1.165) is 15.3 Å². The Morgan fingerprint density at radius 1 is 1.22 bits per heavy atom. The molecular weight excluding hydrogens is 348 g/mol. The highest BCUT2D eigenvalue weighted by atomic mass is 35.5. The quantitative estimate of drug-likeness (QED) is 0.344. The van der Waals surface area contributed by atoms with Crippen LogP contribution in [0, 0.1) is 0 Å². The van der Waals surface area contributed by atoms with Crippen LogP contribution in [0.25, 0.3) is 10.2 Å². The summed E-state index contributed by atoms with van der Waals surface area (Å²) in [6.45, 7) is 0. The third kappa shape index (κ3) is 3.99. The summed E-state index contributed by atoms with van der Waals surface area (Å²) in [6.07, 6.45) is 2.18. The minimum Gasteiger partial charge on any atom is -0.294 e. The number of fused-ring (bicyclic) bond motifs is 1. The number of aliphatic imine (C=N–C) groups is 1. The lowest BCUT2D eigenvalue weighted by Crippen LogP contribution is -2.05. The first-order chi connectivity index (χ1) is 11.2. The van der Waals surface area contributed by atoms with Crippen molar-refractivity contribution in [1.82, 2.24) is 4.98 Å². The van der Waals surface area contributed by atoms with Crippen LogP contribution in [-0.2, 0) is 0 Å². The number of benzene rings is 2. The van der Waals surface area contributed by atoms with Gasteiger partial charge in [0.25, 0.3) is 0 Å². The summed E-state index contributed by atoms with van der Waals surface area (Å²) in [5, 5.41) is 2.05. The molecule has 0 bridgehead atoms. The number of thiazole rings is 1. The van der Waals surface area contributed by atoms with Gasteiger partial charge < -0.3 is 0 Å². The molecule has 3 nitrogen and oxygen atoms in total. The number of carbonyl (C=O) groups is 1. The number of carbonyl (C=O) groups excluding carboxylic acids is 1. The van der Waals surface area contributed by atoms with E-state index in [1.54, 1.807) is 24.3 Å². The van der Waals surface area contributed by atoms with Gasteiger partial charge in [-0.3, -0.25) is 4.79 Å². The maximum absolute atomic E-state index is 12.3. The second kappa shape index (κ2) is 7.25. The van der Waals surface area contributed by atoms with Crippen LogP contribution in [0.4, 0.5) is 5.13 Å². The Balaban J connectivity index is 1.81. The topological polar surface area (TPSA) is 42.3 Å². The molecule has 0 saturated heterocycles. The highest BCUT2D eigenvalue weighted by molar-refractivity contribution is 8.13. The van der Waals surface area contributed by atoms with Crippen LogP contribution in [0.15, 0.2) is 53.5 Å². The predicted molar refractivity (Wildman–Crippen MR) is 101 cm³/mol. The van der Waals surface area contributed by atoms with Crippen molar-refractivity contribution >= 4 is 60.9 Å². The molecule has 3 rings (SSSR count). The van der Waals surface area contributed by atoms with Gasteiger partial charge in [0.15, 0.2) is 5.78 Å². The first-order valence-electron chi connectivity index (χ1n) is 6.91. The van der Waals surface area contributed by atoms with Gasteiger partial charge in [0.2, 0.25) is 5.13 Å². The van der Waals surface area contributed by atoms with Crippen LogP contribution in [0.2, 0.25) is 5.02 Å². The number of thioether (sulfide) groups is 1. The average Bonchev–Trinajstić information content (AvgIpc) is 2.97. The molecule has 0 radical (unpaired) electrons. The van der Waals surface area contributed by atoms with Crippen LogP contribution < -0.4 is 0 Å². The number of hydrogen-bond acceptors (Lipinski definition) is 5. The number of aromatic nitrogens is 1. The Kier molecular flexibility index (Phi) is 5.10. The number of para-hydroxylation sites is 1. The molecule has 23 heavy (non-hydrogen) atoms. The molecular formula is C17H13ClN2OS2. The summed E-state index contributed by atoms with van der Waals surface area (Å²) in [7, 11) is 0.